The maximum Gasteiger partial charge on any atom is 0.128 e. The van der Waals surface area contributed by atoms with Gasteiger partial charge in [-0.25, -0.2) is 8.78 Å². The van der Waals surface area contributed by atoms with Gasteiger partial charge in [0, 0.05) is 18.2 Å². The average Bonchev–Trinajstić information content (AvgIpc) is 2.18. The van der Waals surface area contributed by atoms with Gasteiger partial charge < -0.3 is 10.4 Å². The zero-order chi connectivity index (χ0) is 11.4. The lowest BCUT2D eigenvalue weighted by atomic mass is 10.1. The van der Waals surface area contributed by atoms with Gasteiger partial charge in [-0.05, 0) is 32.0 Å². The summed E-state index contributed by atoms with van der Waals surface area (Å²) < 4.78 is 26.1. The van der Waals surface area contributed by atoms with E-state index in [-0.39, 0.29) is 11.6 Å². The van der Waals surface area contributed by atoms with Crippen molar-refractivity contribution < 1.29 is 13.9 Å². The van der Waals surface area contributed by atoms with Crippen molar-refractivity contribution in [3.63, 3.8) is 0 Å². The Morgan fingerprint density at radius 3 is 2.60 bits per heavy atom. The first kappa shape index (κ1) is 12.1. The molecule has 2 nitrogen and oxygen atoms in total. The fourth-order valence-electron chi connectivity index (χ4n) is 1.30. The third-order valence-corrected chi connectivity index (χ3v) is 2.14. The molecule has 0 heterocycles. The Morgan fingerprint density at radius 1 is 1.33 bits per heavy atom. The average molecular weight is 215 g/mol. The SMILES string of the molecule is C[C@H](NC[C@@H](C)O)c1cc(F)ccc1F. The molecule has 2 atom stereocenters. The summed E-state index contributed by atoms with van der Waals surface area (Å²) in [6.07, 6.45) is -0.510. The summed E-state index contributed by atoms with van der Waals surface area (Å²) >= 11 is 0. The Morgan fingerprint density at radius 2 is 2.00 bits per heavy atom. The summed E-state index contributed by atoms with van der Waals surface area (Å²) in [6.45, 7) is 3.69. The van der Waals surface area contributed by atoms with E-state index in [0.29, 0.717) is 6.54 Å². The van der Waals surface area contributed by atoms with Crippen LogP contribution in [0.15, 0.2) is 18.2 Å². The van der Waals surface area contributed by atoms with E-state index >= 15 is 0 Å². The highest BCUT2D eigenvalue weighted by Gasteiger charge is 2.11. The van der Waals surface area contributed by atoms with E-state index in [1.54, 1.807) is 13.8 Å². The number of benzene rings is 1. The Kier molecular flexibility index (Phi) is 4.17. The number of aliphatic hydroxyl groups is 1. The summed E-state index contributed by atoms with van der Waals surface area (Å²) in [7, 11) is 0. The second-order valence-electron chi connectivity index (χ2n) is 3.64. The summed E-state index contributed by atoms with van der Waals surface area (Å²) in [5, 5.41) is 12.0. The number of nitrogens with one attached hydrogen (secondary N) is 1. The lowest BCUT2D eigenvalue weighted by Gasteiger charge is -2.16. The van der Waals surface area contributed by atoms with Gasteiger partial charge in [0.15, 0.2) is 0 Å². The Balaban J connectivity index is 2.72. The smallest absolute Gasteiger partial charge is 0.128 e. The number of hydrogen-bond donors (Lipinski definition) is 2. The van der Waals surface area contributed by atoms with Crippen LogP contribution >= 0.6 is 0 Å². The van der Waals surface area contributed by atoms with E-state index in [9.17, 15) is 8.78 Å². The second-order valence-corrected chi connectivity index (χ2v) is 3.64. The van der Waals surface area contributed by atoms with E-state index in [0.717, 1.165) is 18.2 Å². The molecule has 0 amide bonds. The van der Waals surface area contributed by atoms with Crippen molar-refractivity contribution in [1.82, 2.24) is 5.32 Å². The molecule has 0 unspecified atom stereocenters. The zero-order valence-electron chi connectivity index (χ0n) is 8.80. The minimum absolute atomic E-state index is 0.274. The van der Waals surface area contributed by atoms with Crippen LogP contribution in [0.3, 0.4) is 0 Å². The Hall–Kier alpha value is -1.00. The van der Waals surface area contributed by atoms with E-state index in [1.807, 2.05) is 0 Å². The fraction of sp³-hybridized carbons (Fsp3) is 0.455. The maximum atomic E-state index is 13.3. The molecule has 0 bridgehead atoms. The molecule has 15 heavy (non-hydrogen) atoms. The normalized spacial score (nSPS) is 15.0. The minimum atomic E-state index is -0.510. The number of aliphatic hydroxyl groups excluding tert-OH is 1. The molecule has 1 rings (SSSR count). The van der Waals surface area contributed by atoms with Crippen molar-refractivity contribution in [3.05, 3.63) is 35.4 Å². The predicted octanol–water partition coefficient (Wildman–Crippen LogP) is 2.00. The molecular weight excluding hydrogens is 200 g/mol. The van der Waals surface area contributed by atoms with Crippen LogP contribution in [0.1, 0.15) is 25.5 Å². The first-order valence-electron chi connectivity index (χ1n) is 4.87. The number of hydrogen-bond acceptors (Lipinski definition) is 2. The summed E-state index contributed by atoms with van der Waals surface area (Å²) in [4.78, 5) is 0. The molecule has 0 aliphatic heterocycles. The topological polar surface area (TPSA) is 32.3 Å². The molecule has 0 aromatic heterocycles. The molecule has 1 aromatic rings. The summed E-state index contributed by atoms with van der Waals surface area (Å²) in [6, 6.07) is 3.02. The van der Waals surface area contributed by atoms with Gasteiger partial charge in [0.25, 0.3) is 0 Å². The lowest BCUT2D eigenvalue weighted by molar-refractivity contribution is 0.187. The van der Waals surface area contributed by atoms with Crippen molar-refractivity contribution in [1.29, 1.82) is 0 Å². The Bertz CT molecular complexity index is 328. The van der Waals surface area contributed by atoms with Crippen LogP contribution in [-0.4, -0.2) is 17.8 Å². The lowest BCUT2D eigenvalue weighted by Crippen LogP contribution is -2.27. The molecule has 2 N–H and O–H groups in total. The molecule has 0 radical (unpaired) electrons. The standard InChI is InChI=1S/C11H15F2NO/c1-7(15)6-14-8(2)10-5-9(12)3-4-11(10)13/h3-5,7-8,14-15H,6H2,1-2H3/t7-,8+/m1/s1. The van der Waals surface area contributed by atoms with Gasteiger partial charge in [-0.2, -0.15) is 0 Å². The fourth-order valence-corrected chi connectivity index (χ4v) is 1.30. The largest absolute Gasteiger partial charge is 0.392 e. The predicted molar refractivity (Wildman–Crippen MR) is 54.5 cm³/mol. The van der Waals surface area contributed by atoms with E-state index in [1.165, 1.54) is 0 Å². The molecule has 4 heteroatoms. The van der Waals surface area contributed by atoms with Crippen molar-refractivity contribution in [2.45, 2.75) is 26.0 Å². The van der Waals surface area contributed by atoms with Gasteiger partial charge >= 0.3 is 0 Å². The highest BCUT2D eigenvalue weighted by molar-refractivity contribution is 5.21. The monoisotopic (exact) mass is 215 g/mol. The van der Waals surface area contributed by atoms with Crippen molar-refractivity contribution in [3.8, 4) is 0 Å². The van der Waals surface area contributed by atoms with Crippen LogP contribution in [0.25, 0.3) is 0 Å². The Labute approximate surface area is 87.9 Å². The van der Waals surface area contributed by atoms with Gasteiger partial charge in [0.1, 0.15) is 11.6 Å². The van der Waals surface area contributed by atoms with Crippen LogP contribution in [0, 0.1) is 11.6 Å². The minimum Gasteiger partial charge on any atom is -0.392 e. The van der Waals surface area contributed by atoms with Gasteiger partial charge in [0.05, 0.1) is 6.10 Å². The van der Waals surface area contributed by atoms with Crippen LogP contribution in [0.2, 0.25) is 0 Å². The highest BCUT2D eigenvalue weighted by Crippen LogP contribution is 2.17. The molecule has 84 valence electrons. The van der Waals surface area contributed by atoms with Gasteiger partial charge in [0.2, 0.25) is 0 Å². The van der Waals surface area contributed by atoms with Crippen LogP contribution in [0.5, 0.6) is 0 Å². The molecular formula is C11H15F2NO. The molecule has 0 fully saturated rings. The van der Waals surface area contributed by atoms with Gasteiger partial charge in [-0.3, -0.25) is 0 Å². The van der Waals surface area contributed by atoms with Crippen molar-refractivity contribution in [2.24, 2.45) is 0 Å². The third kappa shape index (κ3) is 3.57. The summed E-state index contributed by atoms with van der Waals surface area (Å²) in [5.41, 5.74) is 0.274. The molecule has 0 aliphatic rings. The van der Waals surface area contributed by atoms with E-state index < -0.39 is 17.7 Å². The third-order valence-electron chi connectivity index (χ3n) is 2.14. The molecule has 0 aliphatic carbocycles. The van der Waals surface area contributed by atoms with E-state index in [2.05, 4.69) is 5.32 Å². The van der Waals surface area contributed by atoms with Gasteiger partial charge in [-0.15, -0.1) is 0 Å². The highest BCUT2D eigenvalue weighted by atomic mass is 19.1. The first-order valence-corrected chi connectivity index (χ1v) is 4.87. The summed E-state index contributed by atoms with van der Waals surface area (Å²) in [5.74, 6) is -0.904. The van der Waals surface area contributed by atoms with Crippen molar-refractivity contribution >= 4 is 0 Å². The molecule has 1 aromatic carbocycles. The molecule has 0 saturated heterocycles. The van der Waals surface area contributed by atoms with E-state index in [4.69, 9.17) is 5.11 Å². The molecule has 0 saturated carbocycles. The molecule has 0 spiro atoms. The van der Waals surface area contributed by atoms with Gasteiger partial charge in [-0.1, -0.05) is 0 Å². The number of halogens is 2. The zero-order valence-corrected chi connectivity index (χ0v) is 8.80. The second kappa shape index (κ2) is 5.19. The van der Waals surface area contributed by atoms with Crippen molar-refractivity contribution in [2.75, 3.05) is 6.54 Å². The maximum absolute atomic E-state index is 13.3. The van der Waals surface area contributed by atoms with Crippen LogP contribution < -0.4 is 5.32 Å². The van der Waals surface area contributed by atoms with Crippen LogP contribution in [0.4, 0.5) is 8.78 Å². The first-order chi connectivity index (χ1) is 7.00. The quantitative estimate of drug-likeness (QED) is 0.805. The number of rotatable bonds is 4. The van der Waals surface area contributed by atoms with Crippen LogP contribution in [-0.2, 0) is 0 Å².